The quantitative estimate of drug-likeness (QED) is 0.441. The van der Waals surface area contributed by atoms with Crippen LogP contribution in [0.2, 0.25) is 0 Å². The minimum absolute atomic E-state index is 0. The van der Waals surface area contributed by atoms with E-state index >= 15 is 0 Å². The Morgan fingerprint density at radius 2 is 1.78 bits per heavy atom. The summed E-state index contributed by atoms with van der Waals surface area (Å²) in [5.41, 5.74) is 0. The molecule has 1 heterocycles. The van der Waals surface area contributed by atoms with Gasteiger partial charge in [0.25, 0.3) is 0 Å². The van der Waals surface area contributed by atoms with Crippen molar-refractivity contribution < 1.29 is 33.8 Å². The van der Waals surface area contributed by atoms with Crippen LogP contribution >= 0.6 is 0 Å². The van der Waals surface area contributed by atoms with E-state index in [9.17, 15) is 9.42 Å². The molecule has 0 saturated carbocycles. The standard InChI is InChI=1S/C11H9N3O2S.Na/c15-14-13-11-7-6-10(8-12-11)17(16)9-4-2-1-3-5-9;/h1-8H,(H,12,13,15);/q;+1/p-1. The van der Waals surface area contributed by atoms with Crippen LogP contribution in [0.25, 0.3) is 0 Å². The Balaban J connectivity index is 0.00000162. The first-order chi connectivity index (χ1) is 8.31. The van der Waals surface area contributed by atoms with Gasteiger partial charge in [0.15, 0.2) is 5.82 Å². The zero-order valence-electron chi connectivity index (χ0n) is 9.69. The van der Waals surface area contributed by atoms with E-state index in [-0.39, 0.29) is 35.4 Å². The molecule has 1 unspecified atom stereocenters. The van der Waals surface area contributed by atoms with Gasteiger partial charge in [-0.15, -0.1) is 5.11 Å². The van der Waals surface area contributed by atoms with Crippen molar-refractivity contribution in [1.82, 2.24) is 4.98 Å². The molecule has 86 valence electrons. The van der Waals surface area contributed by atoms with Gasteiger partial charge in [-0.3, -0.25) is 0 Å². The molecule has 18 heavy (non-hydrogen) atoms. The molecule has 1 aromatic heterocycles. The zero-order chi connectivity index (χ0) is 12.1. The van der Waals surface area contributed by atoms with Gasteiger partial charge in [0, 0.05) is 11.1 Å². The predicted octanol–water partition coefficient (Wildman–Crippen LogP) is -0.166. The molecule has 0 aliphatic heterocycles. The normalized spacial score (nSPS) is 12.0. The van der Waals surface area contributed by atoms with E-state index in [0.29, 0.717) is 9.79 Å². The van der Waals surface area contributed by atoms with Gasteiger partial charge in [-0.05, 0) is 24.3 Å². The van der Waals surface area contributed by atoms with Crippen LogP contribution in [0, 0.1) is 5.21 Å². The summed E-state index contributed by atoms with van der Waals surface area (Å²) in [6.07, 6.45) is 1.42. The van der Waals surface area contributed by atoms with E-state index in [1.807, 2.05) is 18.2 Å². The van der Waals surface area contributed by atoms with Crippen LogP contribution in [0.3, 0.4) is 0 Å². The SMILES string of the molecule is O=S(c1ccccc1)c1ccc(N=N[O-])nc1.[Na+]. The van der Waals surface area contributed by atoms with Crippen molar-refractivity contribution in [3.63, 3.8) is 0 Å². The maximum atomic E-state index is 12.1. The van der Waals surface area contributed by atoms with E-state index in [1.165, 1.54) is 12.3 Å². The molecule has 1 aromatic carbocycles. The Labute approximate surface area is 129 Å². The summed E-state index contributed by atoms with van der Waals surface area (Å²) < 4.78 is 12.1. The second-order valence-electron chi connectivity index (χ2n) is 3.12. The van der Waals surface area contributed by atoms with Crippen LogP contribution in [0.1, 0.15) is 0 Å². The molecule has 7 heteroatoms. The van der Waals surface area contributed by atoms with E-state index < -0.39 is 10.8 Å². The van der Waals surface area contributed by atoms with Crippen molar-refractivity contribution in [3.05, 3.63) is 53.9 Å². The van der Waals surface area contributed by atoms with Gasteiger partial charge < -0.3 is 5.21 Å². The topological polar surface area (TPSA) is 77.7 Å². The molecule has 5 nitrogen and oxygen atoms in total. The molecule has 0 aliphatic rings. The summed E-state index contributed by atoms with van der Waals surface area (Å²) in [5, 5.41) is 15.5. The van der Waals surface area contributed by atoms with Crippen molar-refractivity contribution in [2.75, 3.05) is 0 Å². The summed E-state index contributed by atoms with van der Waals surface area (Å²) in [7, 11) is -1.27. The molecule has 1 atom stereocenters. The van der Waals surface area contributed by atoms with Crippen LogP contribution in [0.4, 0.5) is 5.82 Å². The maximum absolute atomic E-state index is 12.1. The summed E-state index contributed by atoms with van der Waals surface area (Å²) in [6, 6.07) is 12.2. The summed E-state index contributed by atoms with van der Waals surface area (Å²) in [6.45, 7) is 0. The Morgan fingerprint density at radius 1 is 1.06 bits per heavy atom. The Morgan fingerprint density at radius 3 is 2.33 bits per heavy atom. The molecule has 2 rings (SSSR count). The molecular weight excluding hydrogens is 261 g/mol. The Hall–Kier alpha value is -1.08. The van der Waals surface area contributed by atoms with E-state index in [4.69, 9.17) is 0 Å². The fourth-order valence-electron chi connectivity index (χ4n) is 1.26. The fraction of sp³-hybridized carbons (Fsp3) is 0. The number of hydrogen-bond donors (Lipinski definition) is 0. The molecule has 0 N–H and O–H groups in total. The smallest absolute Gasteiger partial charge is 0.775 e. The summed E-state index contributed by atoms with van der Waals surface area (Å²) in [5.74, 6) is 0.203. The molecule has 0 radical (unpaired) electrons. The average molecular weight is 269 g/mol. The van der Waals surface area contributed by atoms with Crippen LogP contribution < -0.4 is 29.6 Å². The van der Waals surface area contributed by atoms with Gasteiger partial charge in [-0.2, -0.15) is 0 Å². The molecule has 0 amide bonds. The molecular formula is C11H8N3NaO2S. The van der Waals surface area contributed by atoms with Crippen LogP contribution in [0.5, 0.6) is 0 Å². The minimum Gasteiger partial charge on any atom is -0.775 e. The third-order valence-corrected chi connectivity index (χ3v) is 3.41. The number of hydrogen-bond acceptors (Lipinski definition) is 5. The largest absolute Gasteiger partial charge is 1.00 e. The molecule has 0 saturated heterocycles. The first-order valence-electron chi connectivity index (χ1n) is 4.77. The Bertz CT molecular complexity index is 546. The van der Waals surface area contributed by atoms with Gasteiger partial charge in [0.1, 0.15) is 0 Å². The predicted molar refractivity (Wildman–Crippen MR) is 63.2 cm³/mol. The first kappa shape index (κ1) is 15.0. The number of rotatable bonds is 3. The van der Waals surface area contributed by atoms with Crippen molar-refractivity contribution in [3.8, 4) is 0 Å². The van der Waals surface area contributed by atoms with Crippen molar-refractivity contribution in [2.24, 2.45) is 10.4 Å². The monoisotopic (exact) mass is 269 g/mol. The summed E-state index contributed by atoms with van der Waals surface area (Å²) >= 11 is 0. The summed E-state index contributed by atoms with van der Waals surface area (Å²) in [4.78, 5) is 5.12. The van der Waals surface area contributed by atoms with Gasteiger partial charge in [0.2, 0.25) is 0 Å². The van der Waals surface area contributed by atoms with E-state index in [1.54, 1.807) is 18.2 Å². The van der Waals surface area contributed by atoms with Crippen LogP contribution in [-0.4, -0.2) is 9.19 Å². The van der Waals surface area contributed by atoms with Crippen LogP contribution in [-0.2, 0) is 10.8 Å². The molecule has 0 aliphatic carbocycles. The molecule has 0 spiro atoms. The number of pyridine rings is 1. The second kappa shape index (κ2) is 7.38. The third kappa shape index (κ3) is 3.71. The number of nitrogens with zero attached hydrogens (tertiary/aromatic N) is 3. The van der Waals surface area contributed by atoms with E-state index in [0.717, 1.165) is 0 Å². The van der Waals surface area contributed by atoms with Crippen LogP contribution in [0.15, 0.2) is 68.8 Å². The molecule has 0 bridgehead atoms. The zero-order valence-corrected chi connectivity index (χ0v) is 12.5. The van der Waals surface area contributed by atoms with Crippen molar-refractivity contribution >= 4 is 16.6 Å². The van der Waals surface area contributed by atoms with Crippen molar-refractivity contribution in [2.45, 2.75) is 9.79 Å². The molecule has 0 fully saturated rings. The first-order valence-corrected chi connectivity index (χ1v) is 5.92. The van der Waals surface area contributed by atoms with Gasteiger partial charge in [0.05, 0.1) is 15.7 Å². The minimum atomic E-state index is -1.27. The van der Waals surface area contributed by atoms with E-state index in [2.05, 4.69) is 15.4 Å². The fourth-order valence-corrected chi connectivity index (χ4v) is 2.28. The van der Waals surface area contributed by atoms with Gasteiger partial charge in [-0.1, -0.05) is 18.2 Å². The Kier molecular flexibility index (Phi) is 6.14. The maximum Gasteiger partial charge on any atom is 1.00 e. The average Bonchev–Trinajstić information content (AvgIpc) is 2.40. The van der Waals surface area contributed by atoms with Gasteiger partial charge in [-0.25, -0.2) is 14.5 Å². The van der Waals surface area contributed by atoms with Gasteiger partial charge >= 0.3 is 29.6 Å². The van der Waals surface area contributed by atoms with Crippen molar-refractivity contribution in [1.29, 1.82) is 0 Å². The number of benzene rings is 1. The molecule has 2 aromatic rings. The third-order valence-electron chi connectivity index (χ3n) is 2.04. The second-order valence-corrected chi connectivity index (χ2v) is 4.60. The number of aromatic nitrogens is 1.